The van der Waals surface area contributed by atoms with Crippen molar-refractivity contribution < 1.29 is 23.1 Å². The zero-order valence-electron chi connectivity index (χ0n) is 6.89. The Morgan fingerprint density at radius 3 is 2.77 bits per heavy atom. The van der Waals surface area contributed by atoms with Crippen molar-refractivity contribution in [3.8, 4) is 0 Å². The minimum absolute atomic E-state index is 0.0340. The Kier molecular flexibility index (Phi) is 1.69. The van der Waals surface area contributed by atoms with Gasteiger partial charge in [-0.05, 0) is 0 Å². The maximum Gasteiger partial charge on any atom is 0.313 e. The smallest absolute Gasteiger partial charge is 0.313 e. The van der Waals surface area contributed by atoms with E-state index < -0.39 is 21.2 Å². The Morgan fingerprint density at radius 2 is 2.23 bits per heavy atom. The fourth-order valence-electron chi connectivity index (χ4n) is 2.08. The molecule has 0 unspecified atom stereocenters. The van der Waals surface area contributed by atoms with Crippen LogP contribution in [0.4, 0.5) is 0 Å². The quantitative estimate of drug-likeness (QED) is 0.603. The number of fused-ring (bicyclic) bond motifs is 1. The van der Waals surface area contributed by atoms with Crippen LogP contribution in [0.25, 0.3) is 0 Å². The average molecular weight is 206 g/mol. The summed E-state index contributed by atoms with van der Waals surface area (Å²) in [6.45, 7) is 0.289. The Balaban J connectivity index is 2.41. The van der Waals surface area contributed by atoms with Crippen LogP contribution in [-0.4, -0.2) is 44.2 Å². The number of sulfone groups is 1. The molecule has 0 amide bonds. The van der Waals surface area contributed by atoms with Gasteiger partial charge in [-0.15, -0.1) is 0 Å². The van der Waals surface area contributed by atoms with E-state index in [4.69, 9.17) is 9.84 Å². The topological polar surface area (TPSA) is 80.7 Å². The predicted molar refractivity (Wildman–Crippen MR) is 43.0 cm³/mol. The van der Waals surface area contributed by atoms with E-state index in [2.05, 4.69) is 0 Å². The summed E-state index contributed by atoms with van der Waals surface area (Å²) in [6, 6.07) is 0. The van der Waals surface area contributed by atoms with Gasteiger partial charge in [-0.1, -0.05) is 0 Å². The molecule has 2 fully saturated rings. The monoisotopic (exact) mass is 206 g/mol. The standard InChI is InChI=1S/C7H10O5S/c8-6(9)7-3-12-1-5(7)2-13(10,11)4-7/h5H,1-4H2,(H,8,9)/t5-,7+/m0/s1. The molecule has 2 atom stereocenters. The largest absolute Gasteiger partial charge is 0.481 e. The van der Waals surface area contributed by atoms with Crippen LogP contribution in [0.3, 0.4) is 0 Å². The lowest BCUT2D eigenvalue weighted by Crippen LogP contribution is -2.37. The summed E-state index contributed by atoms with van der Waals surface area (Å²) in [5.41, 5.74) is -1.15. The Hall–Kier alpha value is -0.620. The van der Waals surface area contributed by atoms with Crippen LogP contribution in [0.15, 0.2) is 0 Å². The average Bonchev–Trinajstić information content (AvgIpc) is 2.40. The van der Waals surface area contributed by atoms with Crippen LogP contribution in [0, 0.1) is 11.3 Å². The van der Waals surface area contributed by atoms with Gasteiger partial charge in [-0.25, -0.2) is 8.42 Å². The van der Waals surface area contributed by atoms with Crippen molar-refractivity contribution in [2.24, 2.45) is 11.3 Å². The third-order valence-corrected chi connectivity index (χ3v) is 4.68. The number of carbonyl (C=O) groups is 1. The van der Waals surface area contributed by atoms with Gasteiger partial charge >= 0.3 is 5.97 Å². The van der Waals surface area contributed by atoms with Crippen molar-refractivity contribution in [3.63, 3.8) is 0 Å². The van der Waals surface area contributed by atoms with Gasteiger partial charge in [0.2, 0.25) is 0 Å². The van der Waals surface area contributed by atoms with Crippen molar-refractivity contribution in [3.05, 3.63) is 0 Å². The molecule has 0 spiro atoms. The summed E-state index contributed by atoms with van der Waals surface area (Å²) in [4.78, 5) is 10.9. The van der Waals surface area contributed by atoms with E-state index in [-0.39, 0.29) is 30.6 Å². The van der Waals surface area contributed by atoms with Crippen molar-refractivity contribution in [1.82, 2.24) is 0 Å². The molecule has 5 nitrogen and oxygen atoms in total. The molecule has 2 saturated heterocycles. The summed E-state index contributed by atoms with van der Waals surface area (Å²) < 4.78 is 27.5. The first kappa shape index (κ1) is 8.96. The Labute approximate surface area is 75.6 Å². The van der Waals surface area contributed by atoms with Crippen molar-refractivity contribution in [2.75, 3.05) is 24.7 Å². The first-order chi connectivity index (χ1) is 5.96. The highest BCUT2D eigenvalue weighted by atomic mass is 32.2. The molecule has 0 bridgehead atoms. The van der Waals surface area contributed by atoms with Gasteiger partial charge in [-0.3, -0.25) is 4.79 Å². The van der Waals surface area contributed by atoms with Gasteiger partial charge in [0.1, 0.15) is 5.41 Å². The molecule has 74 valence electrons. The van der Waals surface area contributed by atoms with Crippen LogP contribution >= 0.6 is 0 Å². The van der Waals surface area contributed by atoms with Crippen molar-refractivity contribution in [1.29, 1.82) is 0 Å². The van der Waals surface area contributed by atoms with Crippen molar-refractivity contribution >= 4 is 15.8 Å². The van der Waals surface area contributed by atoms with E-state index in [1.807, 2.05) is 0 Å². The summed E-state index contributed by atoms with van der Waals surface area (Å²) in [6.07, 6.45) is 0. The first-order valence-electron chi connectivity index (χ1n) is 3.98. The molecule has 0 aliphatic carbocycles. The minimum Gasteiger partial charge on any atom is -0.481 e. The molecule has 1 N–H and O–H groups in total. The third kappa shape index (κ3) is 1.16. The van der Waals surface area contributed by atoms with E-state index in [1.54, 1.807) is 0 Å². The number of aliphatic carboxylic acids is 1. The van der Waals surface area contributed by atoms with Gasteiger partial charge in [0.15, 0.2) is 9.84 Å². The molecule has 0 aromatic rings. The summed E-state index contributed by atoms with van der Waals surface area (Å²) >= 11 is 0. The normalized spacial score (nSPS) is 41.7. The highest BCUT2D eigenvalue weighted by Crippen LogP contribution is 2.42. The molecule has 0 aromatic heterocycles. The molecule has 0 aromatic carbocycles. The SMILES string of the molecule is O=C(O)[C@@]12COC[C@H]1CS(=O)(=O)C2. The molecule has 0 radical (unpaired) electrons. The number of carboxylic acid groups (broad SMARTS) is 1. The third-order valence-electron chi connectivity index (χ3n) is 2.82. The molecule has 2 heterocycles. The second-order valence-corrected chi connectivity index (χ2v) is 5.84. The molecular formula is C7H10O5S. The fraction of sp³-hybridized carbons (Fsp3) is 0.857. The number of hydrogen-bond donors (Lipinski definition) is 1. The number of hydrogen-bond acceptors (Lipinski definition) is 4. The number of rotatable bonds is 1. The summed E-state index contributed by atoms with van der Waals surface area (Å²) in [5, 5.41) is 8.96. The fourth-order valence-corrected chi connectivity index (χ4v) is 4.46. The van der Waals surface area contributed by atoms with Gasteiger partial charge in [-0.2, -0.15) is 0 Å². The van der Waals surface area contributed by atoms with Crippen LogP contribution in [0.2, 0.25) is 0 Å². The molecular weight excluding hydrogens is 196 g/mol. The first-order valence-corrected chi connectivity index (χ1v) is 5.80. The second kappa shape index (κ2) is 2.45. The molecule has 0 saturated carbocycles. The molecule has 2 aliphatic rings. The predicted octanol–water partition coefficient (Wildman–Crippen LogP) is -0.868. The van der Waals surface area contributed by atoms with E-state index in [1.165, 1.54) is 0 Å². The molecule has 6 heteroatoms. The van der Waals surface area contributed by atoms with Crippen LogP contribution in [0.5, 0.6) is 0 Å². The van der Waals surface area contributed by atoms with Gasteiger partial charge in [0.25, 0.3) is 0 Å². The highest BCUT2D eigenvalue weighted by molar-refractivity contribution is 7.91. The lowest BCUT2D eigenvalue weighted by molar-refractivity contribution is -0.148. The van der Waals surface area contributed by atoms with E-state index in [0.717, 1.165) is 0 Å². The van der Waals surface area contributed by atoms with E-state index >= 15 is 0 Å². The van der Waals surface area contributed by atoms with Gasteiger partial charge in [0, 0.05) is 5.92 Å². The van der Waals surface area contributed by atoms with Gasteiger partial charge < -0.3 is 9.84 Å². The zero-order valence-corrected chi connectivity index (χ0v) is 7.71. The maximum atomic E-state index is 11.2. The lowest BCUT2D eigenvalue weighted by Gasteiger charge is -2.18. The second-order valence-electron chi connectivity index (χ2n) is 3.73. The van der Waals surface area contributed by atoms with E-state index in [0.29, 0.717) is 0 Å². The van der Waals surface area contributed by atoms with Crippen LogP contribution in [-0.2, 0) is 19.4 Å². The molecule has 13 heavy (non-hydrogen) atoms. The van der Waals surface area contributed by atoms with Gasteiger partial charge in [0.05, 0.1) is 24.7 Å². The molecule has 2 aliphatic heterocycles. The van der Waals surface area contributed by atoms with Crippen LogP contribution in [0.1, 0.15) is 0 Å². The highest BCUT2D eigenvalue weighted by Gasteiger charge is 2.59. The van der Waals surface area contributed by atoms with E-state index in [9.17, 15) is 13.2 Å². The Bertz CT molecular complexity index is 346. The van der Waals surface area contributed by atoms with Crippen molar-refractivity contribution in [2.45, 2.75) is 0 Å². The minimum atomic E-state index is -3.17. The number of carboxylic acids is 1. The molecule has 2 rings (SSSR count). The zero-order chi connectivity index (χ0) is 9.69. The summed E-state index contributed by atoms with van der Waals surface area (Å²) in [5.74, 6) is -1.70. The maximum absolute atomic E-state index is 11.2. The lowest BCUT2D eigenvalue weighted by atomic mass is 9.81. The Morgan fingerprint density at radius 1 is 1.54 bits per heavy atom. The number of ether oxygens (including phenoxy) is 1. The summed E-state index contributed by atoms with van der Waals surface area (Å²) in [7, 11) is -3.17. The van der Waals surface area contributed by atoms with Crippen LogP contribution < -0.4 is 0 Å².